The highest BCUT2D eigenvalue weighted by Crippen LogP contribution is 2.45. The average molecular weight is 320 g/mol. The Balaban J connectivity index is 2.13. The standard InChI is InChI=1S/C15H17N2O4P/c1-11(14-9-13(16)7-8-15(14)17(18)19)22(20)21-10-12-5-3-2-4-6-12/h2-9,11,22H,10,16H2,1H3. The molecule has 116 valence electrons. The van der Waals surface area contributed by atoms with Crippen LogP contribution >= 0.6 is 8.03 Å². The fourth-order valence-electron chi connectivity index (χ4n) is 2.07. The fraction of sp³-hybridized carbons (Fsp3) is 0.200. The Bertz CT molecular complexity index is 691. The van der Waals surface area contributed by atoms with Crippen LogP contribution in [0.25, 0.3) is 0 Å². The Morgan fingerprint density at radius 2 is 1.95 bits per heavy atom. The molecule has 7 heteroatoms. The van der Waals surface area contributed by atoms with E-state index in [-0.39, 0.29) is 12.3 Å². The van der Waals surface area contributed by atoms with Crippen molar-refractivity contribution in [2.24, 2.45) is 0 Å². The molecule has 0 aliphatic carbocycles. The van der Waals surface area contributed by atoms with Crippen LogP contribution in [0, 0.1) is 10.1 Å². The van der Waals surface area contributed by atoms with Gasteiger partial charge in [0.2, 0.25) is 0 Å². The van der Waals surface area contributed by atoms with Crippen molar-refractivity contribution in [2.45, 2.75) is 19.2 Å². The van der Waals surface area contributed by atoms with Gasteiger partial charge in [0.15, 0.2) is 8.03 Å². The van der Waals surface area contributed by atoms with Crippen molar-refractivity contribution in [1.82, 2.24) is 0 Å². The van der Waals surface area contributed by atoms with E-state index in [2.05, 4.69) is 0 Å². The Morgan fingerprint density at radius 3 is 2.59 bits per heavy atom. The van der Waals surface area contributed by atoms with E-state index in [1.807, 2.05) is 30.3 Å². The summed E-state index contributed by atoms with van der Waals surface area (Å²) in [6, 6.07) is 13.6. The number of benzene rings is 2. The lowest BCUT2D eigenvalue weighted by molar-refractivity contribution is -0.385. The molecular formula is C15H17N2O4P. The molecule has 22 heavy (non-hydrogen) atoms. The van der Waals surface area contributed by atoms with Gasteiger partial charge >= 0.3 is 0 Å². The van der Waals surface area contributed by atoms with E-state index in [4.69, 9.17) is 10.3 Å². The minimum atomic E-state index is -2.50. The first-order chi connectivity index (χ1) is 10.5. The molecule has 0 heterocycles. The third-order valence-corrected chi connectivity index (χ3v) is 4.74. The molecule has 2 atom stereocenters. The summed E-state index contributed by atoms with van der Waals surface area (Å²) in [7, 11) is -2.50. The lowest BCUT2D eigenvalue weighted by atomic mass is 10.1. The first-order valence-electron chi connectivity index (χ1n) is 6.73. The number of hydrogen-bond acceptors (Lipinski definition) is 5. The lowest BCUT2D eigenvalue weighted by Crippen LogP contribution is -2.00. The zero-order valence-electron chi connectivity index (χ0n) is 12.1. The van der Waals surface area contributed by atoms with Crippen molar-refractivity contribution in [3.05, 3.63) is 69.8 Å². The van der Waals surface area contributed by atoms with E-state index in [1.165, 1.54) is 18.2 Å². The van der Waals surface area contributed by atoms with Crippen LogP contribution in [-0.4, -0.2) is 4.92 Å². The van der Waals surface area contributed by atoms with Crippen LogP contribution in [0.4, 0.5) is 11.4 Å². The summed E-state index contributed by atoms with van der Waals surface area (Å²) >= 11 is 0. The smallest absolute Gasteiger partial charge is 0.273 e. The molecule has 0 fully saturated rings. The monoisotopic (exact) mass is 320 g/mol. The van der Waals surface area contributed by atoms with Crippen molar-refractivity contribution in [1.29, 1.82) is 0 Å². The highest BCUT2D eigenvalue weighted by Gasteiger charge is 2.23. The van der Waals surface area contributed by atoms with Crippen molar-refractivity contribution in [2.75, 3.05) is 5.73 Å². The second-order valence-electron chi connectivity index (χ2n) is 4.89. The molecule has 0 radical (unpaired) electrons. The maximum atomic E-state index is 12.3. The van der Waals surface area contributed by atoms with Gasteiger partial charge in [0.1, 0.15) is 0 Å². The molecule has 2 aromatic carbocycles. The van der Waals surface area contributed by atoms with Gasteiger partial charge in [-0.1, -0.05) is 30.3 Å². The lowest BCUT2D eigenvalue weighted by Gasteiger charge is -2.13. The number of nitro benzene ring substituents is 1. The number of nitro groups is 1. The maximum absolute atomic E-state index is 12.3. The number of nitrogens with zero attached hydrogens (tertiary/aromatic N) is 1. The molecule has 0 amide bonds. The molecule has 2 N–H and O–H groups in total. The first kappa shape index (κ1) is 16.2. The van der Waals surface area contributed by atoms with Gasteiger partial charge in [-0.15, -0.1) is 0 Å². The predicted molar refractivity (Wildman–Crippen MR) is 86.2 cm³/mol. The normalized spacial score (nSPS) is 13.5. The highest BCUT2D eigenvalue weighted by atomic mass is 31.1. The van der Waals surface area contributed by atoms with Crippen molar-refractivity contribution < 1.29 is 14.0 Å². The maximum Gasteiger partial charge on any atom is 0.273 e. The molecule has 0 aliphatic heterocycles. The van der Waals surface area contributed by atoms with Gasteiger partial charge in [-0.05, 0) is 24.6 Å². The van der Waals surface area contributed by atoms with Gasteiger partial charge in [0.25, 0.3) is 5.69 Å². The largest absolute Gasteiger partial charge is 0.399 e. The fourth-order valence-corrected chi connectivity index (χ4v) is 3.11. The third-order valence-electron chi connectivity index (χ3n) is 3.29. The number of nitrogens with two attached hydrogens (primary N) is 1. The molecule has 0 spiro atoms. The van der Waals surface area contributed by atoms with Gasteiger partial charge in [-0.3, -0.25) is 14.7 Å². The highest BCUT2D eigenvalue weighted by molar-refractivity contribution is 7.39. The van der Waals surface area contributed by atoms with Gasteiger partial charge in [0, 0.05) is 17.3 Å². The van der Waals surface area contributed by atoms with Crippen LogP contribution in [0.3, 0.4) is 0 Å². The minimum Gasteiger partial charge on any atom is -0.399 e. The van der Waals surface area contributed by atoms with Crippen LogP contribution in [0.1, 0.15) is 23.7 Å². The van der Waals surface area contributed by atoms with E-state index in [9.17, 15) is 14.7 Å². The topological polar surface area (TPSA) is 95.5 Å². The molecule has 0 saturated heterocycles. The van der Waals surface area contributed by atoms with Crippen LogP contribution in [-0.2, 0) is 15.7 Å². The van der Waals surface area contributed by atoms with E-state index in [1.54, 1.807) is 6.92 Å². The summed E-state index contributed by atoms with van der Waals surface area (Å²) < 4.78 is 17.7. The first-order valence-corrected chi connectivity index (χ1v) is 8.13. The predicted octanol–water partition coefficient (Wildman–Crippen LogP) is 3.93. The van der Waals surface area contributed by atoms with Gasteiger partial charge in [-0.2, -0.15) is 0 Å². The van der Waals surface area contributed by atoms with Crippen molar-refractivity contribution >= 4 is 19.4 Å². The zero-order valence-corrected chi connectivity index (χ0v) is 13.1. The van der Waals surface area contributed by atoms with Crippen LogP contribution in [0.15, 0.2) is 48.5 Å². The molecule has 2 rings (SSSR count). The third kappa shape index (κ3) is 3.93. The van der Waals surface area contributed by atoms with Gasteiger partial charge in [-0.25, -0.2) is 0 Å². The molecule has 6 nitrogen and oxygen atoms in total. The van der Waals surface area contributed by atoms with Crippen molar-refractivity contribution in [3.8, 4) is 0 Å². The molecular weight excluding hydrogens is 303 g/mol. The molecule has 0 bridgehead atoms. The summed E-state index contributed by atoms with van der Waals surface area (Å²) in [5.74, 6) is 0. The second-order valence-corrected chi connectivity index (χ2v) is 6.68. The molecule has 2 unspecified atom stereocenters. The summed E-state index contributed by atoms with van der Waals surface area (Å²) in [5, 5.41) is 11.1. The zero-order chi connectivity index (χ0) is 16.1. The number of nitrogen functional groups attached to an aromatic ring is 1. The second kappa shape index (κ2) is 7.20. The molecule has 0 aliphatic rings. The summed E-state index contributed by atoms with van der Waals surface area (Å²) in [6.45, 7) is 1.85. The van der Waals surface area contributed by atoms with Crippen LogP contribution in [0.2, 0.25) is 0 Å². The number of anilines is 1. The SMILES string of the molecule is CC(c1cc(N)ccc1[N+](=O)[O-])[PH](=O)OCc1ccccc1. The number of rotatable bonds is 6. The van der Waals surface area contributed by atoms with E-state index in [0.29, 0.717) is 11.3 Å². The Labute approximate surface area is 128 Å². The molecule has 0 aromatic heterocycles. The molecule has 2 aromatic rings. The van der Waals surface area contributed by atoms with Crippen LogP contribution in [0.5, 0.6) is 0 Å². The summed E-state index contributed by atoms with van der Waals surface area (Å²) in [5.41, 5.74) is 6.62. The Kier molecular flexibility index (Phi) is 5.31. The number of hydrogen-bond donors (Lipinski definition) is 1. The average Bonchev–Trinajstić information content (AvgIpc) is 2.52. The van der Waals surface area contributed by atoms with E-state index < -0.39 is 18.6 Å². The van der Waals surface area contributed by atoms with E-state index in [0.717, 1.165) is 5.56 Å². The minimum absolute atomic E-state index is 0.0941. The van der Waals surface area contributed by atoms with E-state index >= 15 is 0 Å². The van der Waals surface area contributed by atoms with Crippen molar-refractivity contribution in [3.63, 3.8) is 0 Å². The van der Waals surface area contributed by atoms with Gasteiger partial charge in [0.05, 0.1) is 17.2 Å². The Hall–Kier alpha value is -2.17. The quantitative estimate of drug-likeness (QED) is 0.376. The summed E-state index contributed by atoms with van der Waals surface area (Å²) in [4.78, 5) is 10.6. The van der Waals surface area contributed by atoms with Gasteiger partial charge < -0.3 is 10.3 Å². The molecule has 0 saturated carbocycles. The summed E-state index contributed by atoms with van der Waals surface area (Å²) in [6.07, 6.45) is 0. The Morgan fingerprint density at radius 1 is 1.27 bits per heavy atom. The van der Waals surface area contributed by atoms with Crippen LogP contribution < -0.4 is 5.73 Å².